The van der Waals surface area contributed by atoms with Gasteiger partial charge in [-0.3, -0.25) is 0 Å². The van der Waals surface area contributed by atoms with Gasteiger partial charge in [-0.2, -0.15) is 0 Å². The maximum Gasteiger partial charge on any atom is 0.147 e. The summed E-state index contributed by atoms with van der Waals surface area (Å²) >= 11 is 21.2. The molecule has 1 nitrogen and oxygen atoms in total. The van der Waals surface area contributed by atoms with E-state index in [1.807, 2.05) is 18.2 Å². The zero-order valence-corrected chi connectivity index (χ0v) is 12.9. The Labute approximate surface area is 129 Å². The Kier molecular flexibility index (Phi) is 4.79. The summed E-state index contributed by atoms with van der Waals surface area (Å²) in [6.45, 7) is 0. The molecule has 2 aromatic carbocycles. The van der Waals surface area contributed by atoms with Crippen molar-refractivity contribution in [2.75, 3.05) is 0 Å². The van der Waals surface area contributed by atoms with Crippen LogP contribution in [0.3, 0.4) is 0 Å². The van der Waals surface area contributed by atoms with E-state index in [0.29, 0.717) is 27.4 Å². The molecular weight excluding hydrogens is 358 g/mol. The Hall–Kier alpha value is -0.410. The van der Waals surface area contributed by atoms with E-state index in [4.69, 9.17) is 39.5 Å². The van der Waals surface area contributed by atoms with Crippen molar-refractivity contribution in [3.8, 4) is 11.5 Å². The normalized spacial score (nSPS) is 10.4. The second-order valence-corrected chi connectivity index (χ2v) is 5.59. The minimum absolute atomic E-state index is 0.354. The first-order chi connectivity index (χ1) is 8.60. The van der Waals surface area contributed by atoms with Crippen LogP contribution in [0.1, 0.15) is 5.56 Å². The van der Waals surface area contributed by atoms with Gasteiger partial charge in [0.2, 0.25) is 0 Å². The number of hydrogen-bond donors (Lipinski definition) is 0. The highest BCUT2D eigenvalue weighted by molar-refractivity contribution is 9.10. The van der Waals surface area contributed by atoms with E-state index in [1.54, 1.807) is 18.2 Å². The smallest absolute Gasteiger partial charge is 0.147 e. The molecule has 0 aliphatic rings. The molecule has 2 rings (SSSR count). The second-order valence-electron chi connectivity index (χ2n) is 3.56. The van der Waals surface area contributed by atoms with Crippen molar-refractivity contribution in [3.63, 3.8) is 0 Å². The molecule has 5 heteroatoms. The average Bonchev–Trinajstić information content (AvgIpc) is 2.36. The standard InChI is InChI=1S/C13H8BrCl3O/c14-9-1-4-12(8(5-9)7-15)18-13-6-10(16)2-3-11(13)17/h1-6H,7H2. The predicted molar refractivity (Wildman–Crippen MR) is 80.2 cm³/mol. The summed E-state index contributed by atoms with van der Waals surface area (Å²) in [5, 5.41) is 1.07. The fourth-order valence-corrected chi connectivity index (χ4v) is 2.36. The third kappa shape index (κ3) is 3.33. The van der Waals surface area contributed by atoms with Crippen LogP contribution in [0.25, 0.3) is 0 Å². The van der Waals surface area contributed by atoms with Crippen molar-refractivity contribution in [1.82, 2.24) is 0 Å². The molecule has 0 aliphatic carbocycles. The molecule has 0 heterocycles. The maximum absolute atomic E-state index is 6.05. The summed E-state index contributed by atoms with van der Waals surface area (Å²) in [4.78, 5) is 0. The molecule has 0 unspecified atom stereocenters. The van der Waals surface area contributed by atoms with Crippen molar-refractivity contribution in [2.45, 2.75) is 5.88 Å². The lowest BCUT2D eigenvalue weighted by atomic mass is 10.2. The Bertz CT molecular complexity index is 572. The van der Waals surface area contributed by atoms with Crippen LogP contribution < -0.4 is 4.74 Å². The van der Waals surface area contributed by atoms with Crippen LogP contribution in [0.5, 0.6) is 11.5 Å². The van der Waals surface area contributed by atoms with E-state index < -0.39 is 0 Å². The van der Waals surface area contributed by atoms with E-state index in [0.717, 1.165) is 10.0 Å². The lowest BCUT2D eigenvalue weighted by molar-refractivity contribution is 0.478. The van der Waals surface area contributed by atoms with Crippen LogP contribution in [0.4, 0.5) is 0 Å². The van der Waals surface area contributed by atoms with Gasteiger partial charge >= 0.3 is 0 Å². The molecule has 0 saturated heterocycles. The fraction of sp³-hybridized carbons (Fsp3) is 0.0769. The fourth-order valence-electron chi connectivity index (χ4n) is 1.43. The van der Waals surface area contributed by atoms with Crippen molar-refractivity contribution in [3.05, 3.63) is 56.5 Å². The molecule has 2 aromatic rings. The molecule has 0 spiro atoms. The summed E-state index contributed by atoms with van der Waals surface area (Å²) in [7, 11) is 0. The van der Waals surface area contributed by atoms with Crippen LogP contribution >= 0.6 is 50.7 Å². The van der Waals surface area contributed by atoms with E-state index >= 15 is 0 Å². The highest BCUT2D eigenvalue weighted by atomic mass is 79.9. The third-order valence-corrected chi connectivity index (χ3v) is 3.61. The van der Waals surface area contributed by atoms with Crippen molar-refractivity contribution in [1.29, 1.82) is 0 Å². The summed E-state index contributed by atoms with van der Waals surface area (Å²) < 4.78 is 6.69. The van der Waals surface area contributed by atoms with Crippen LogP contribution in [-0.2, 0) is 5.88 Å². The first kappa shape index (κ1) is 14.0. The zero-order valence-electron chi connectivity index (χ0n) is 9.09. The van der Waals surface area contributed by atoms with Crippen LogP contribution in [0, 0.1) is 0 Å². The highest BCUT2D eigenvalue weighted by Crippen LogP contribution is 2.34. The number of benzene rings is 2. The monoisotopic (exact) mass is 364 g/mol. The van der Waals surface area contributed by atoms with E-state index in [-0.39, 0.29) is 0 Å². The van der Waals surface area contributed by atoms with Gasteiger partial charge in [-0.1, -0.05) is 39.1 Å². The van der Waals surface area contributed by atoms with Gasteiger partial charge in [0.05, 0.1) is 10.9 Å². The number of ether oxygens (including phenoxy) is 1. The first-order valence-electron chi connectivity index (χ1n) is 5.07. The molecule has 0 fully saturated rings. The molecule has 0 amide bonds. The van der Waals surface area contributed by atoms with Gasteiger partial charge in [-0.05, 0) is 30.3 Å². The average molecular weight is 366 g/mol. The van der Waals surface area contributed by atoms with Crippen LogP contribution in [0.15, 0.2) is 40.9 Å². The lowest BCUT2D eigenvalue weighted by Crippen LogP contribution is -1.90. The SMILES string of the molecule is ClCc1cc(Br)ccc1Oc1cc(Cl)ccc1Cl. The summed E-state index contributed by atoms with van der Waals surface area (Å²) in [5.41, 5.74) is 0.877. The summed E-state index contributed by atoms with van der Waals surface area (Å²) in [5.74, 6) is 1.53. The number of rotatable bonds is 3. The molecule has 0 N–H and O–H groups in total. The minimum Gasteiger partial charge on any atom is -0.455 e. The minimum atomic E-state index is 0.354. The van der Waals surface area contributed by atoms with Crippen LogP contribution in [0.2, 0.25) is 10.0 Å². The third-order valence-electron chi connectivity index (χ3n) is 2.28. The van der Waals surface area contributed by atoms with Crippen LogP contribution in [-0.4, -0.2) is 0 Å². The van der Waals surface area contributed by atoms with E-state index in [2.05, 4.69) is 15.9 Å². The molecule has 18 heavy (non-hydrogen) atoms. The molecular formula is C13H8BrCl3O. The molecule has 0 atom stereocenters. The van der Waals surface area contributed by atoms with Crippen molar-refractivity contribution in [2.24, 2.45) is 0 Å². The second kappa shape index (κ2) is 6.16. The van der Waals surface area contributed by atoms with E-state index in [1.165, 1.54) is 0 Å². The Morgan fingerprint density at radius 3 is 2.50 bits per heavy atom. The van der Waals surface area contributed by atoms with Gasteiger partial charge in [0.15, 0.2) is 0 Å². The van der Waals surface area contributed by atoms with Gasteiger partial charge in [0.1, 0.15) is 11.5 Å². The quantitative estimate of drug-likeness (QED) is 0.580. The molecule has 0 radical (unpaired) electrons. The van der Waals surface area contributed by atoms with Gasteiger partial charge in [0.25, 0.3) is 0 Å². The highest BCUT2D eigenvalue weighted by Gasteiger charge is 2.08. The molecule has 0 aliphatic heterocycles. The Morgan fingerprint density at radius 1 is 1.00 bits per heavy atom. The summed E-state index contributed by atoms with van der Waals surface area (Å²) in [6.07, 6.45) is 0. The first-order valence-corrected chi connectivity index (χ1v) is 7.16. The lowest BCUT2D eigenvalue weighted by Gasteiger charge is -2.11. The molecule has 94 valence electrons. The van der Waals surface area contributed by atoms with Crippen molar-refractivity contribution < 1.29 is 4.74 Å². The van der Waals surface area contributed by atoms with Gasteiger partial charge in [0, 0.05) is 21.1 Å². The topological polar surface area (TPSA) is 9.23 Å². The van der Waals surface area contributed by atoms with E-state index in [9.17, 15) is 0 Å². The van der Waals surface area contributed by atoms with Crippen molar-refractivity contribution >= 4 is 50.7 Å². The van der Waals surface area contributed by atoms with Gasteiger partial charge < -0.3 is 4.74 Å². The molecule has 0 bridgehead atoms. The largest absolute Gasteiger partial charge is 0.455 e. The Balaban J connectivity index is 2.36. The number of alkyl halides is 1. The predicted octanol–water partition coefficient (Wildman–Crippen LogP) is 6.29. The number of halogens is 4. The molecule has 0 aromatic heterocycles. The number of hydrogen-bond acceptors (Lipinski definition) is 1. The summed E-state index contributed by atoms with van der Waals surface area (Å²) in [6, 6.07) is 10.7. The Morgan fingerprint density at radius 2 is 1.78 bits per heavy atom. The van der Waals surface area contributed by atoms with Gasteiger partial charge in [-0.15, -0.1) is 11.6 Å². The molecule has 0 saturated carbocycles. The maximum atomic E-state index is 6.05. The van der Waals surface area contributed by atoms with Gasteiger partial charge in [-0.25, -0.2) is 0 Å². The zero-order chi connectivity index (χ0) is 13.1.